The molecule has 2 aromatic rings. The molecule has 2 aromatic carbocycles. The third-order valence-electron chi connectivity index (χ3n) is 2.59. The van der Waals surface area contributed by atoms with Gasteiger partial charge in [0, 0.05) is 11.6 Å². The number of benzene rings is 2. The molecular weight excluding hydrogens is 269 g/mol. The van der Waals surface area contributed by atoms with Crippen LogP contribution in [0.2, 0.25) is 10.0 Å². The molecule has 0 fully saturated rings. The SMILES string of the molecule is Cc1cc(Oc2ccc(CN)cc2Cl)ccc1Cl. The highest BCUT2D eigenvalue weighted by atomic mass is 35.5. The molecule has 0 unspecified atom stereocenters. The maximum atomic E-state index is 6.12. The average molecular weight is 282 g/mol. The first-order chi connectivity index (χ1) is 8.60. The van der Waals surface area contributed by atoms with Crippen LogP contribution in [0.3, 0.4) is 0 Å². The van der Waals surface area contributed by atoms with Crippen molar-refractivity contribution in [2.24, 2.45) is 5.73 Å². The summed E-state index contributed by atoms with van der Waals surface area (Å²) in [5.74, 6) is 1.31. The largest absolute Gasteiger partial charge is 0.456 e. The van der Waals surface area contributed by atoms with Crippen molar-refractivity contribution >= 4 is 23.2 Å². The Labute approximate surface area is 116 Å². The summed E-state index contributed by atoms with van der Waals surface area (Å²) in [6, 6.07) is 11.0. The smallest absolute Gasteiger partial charge is 0.146 e. The molecule has 18 heavy (non-hydrogen) atoms. The summed E-state index contributed by atoms with van der Waals surface area (Å²) in [6.07, 6.45) is 0. The van der Waals surface area contributed by atoms with Gasteiger partial charge in [-0.15, -0.1) is 0 Å². The van der Waals surface area contributed by atoms with E-state index >= 15 is 0 Å². The van der Waals surface area contributed by atoms with Gasteiger partial charge in [0.05, 0.1) is 5.02 Å². The number of nitrogens with two attached hydrogens (primary N) is 1. The summed E-state index contributed by atoms with van der Waals surface area (Å²) >= 11 is 12.1. The number of aryl methyl sites for hydroxylation is 1. The first-order valence-corrected chi connectivity index (χ1v) is 6.28. The normalized spacial score (nSPS) is 10.4. The lowest BCUT2D eigenvalue weighted by Gasteiger charge is -2.09. The molecule has 2 rings (SSSR count). The highest BCUT2D eigenvalue weighted by molar-refractivity contribution is 6.32. The quantitative estimate of drug-likeness (QED) is 0.896. The van der Waals surface area contributed by atoms with E-state index in [2.05, 4.69) is 0 Å². The van der Waals surface area contributed by atoms with Crippen molar-refractivity contribution < 1.29 is 4.74 Å². The fraction of sp³-hybridized carbons (Fsp3) is 0.143. The molecule has 0 radical (unpaired) electrons. The van der Waals surface area contributed by atoms with Gasteiger partial charge in [-0.1, -0.05) is 29.3 Å². The van der Waals surface area contributed by atoms with Crippen LogP contribution in [0.15, 0.2) is 36.4 Å². The fourth-order valence-electron chi connectivity index (χ4n) is 1.56. The number of ether oxygens (including phenoxy) is 1. The highest BCUT2D eigenvalue weighted by Gasteiger charge is 2.05. The van der Waals surface area contributed by atoms with Crippen LogP contribution in [-0.2, 0) is 6.54 Å². The van der Waals surface area contributed by atoms with Crippen LogP contribution < -0.4 is 10.5 Å². The van der Waals surface area contributed by atoms with Crippen LogP contribution in [0.25, 0.3) is 0 Å². The monoisotopic (exact) mass is 281 g/mol. The van der Waals surface area contributed by atoms with Crippen LogP contribution in [0, 0.1) is 6.92 Å². The lowest BCUT2D eigenvalue weighted by molar-refractivity contribution is 0.482. The van der Waals surface area contributed by atoms with Crippen LogP contribution in [0.4, 0.5) is 0 Å². The zero-order chi connectivity index (χ0) is 13.1. The van der Waals surface area contributed by atoms with Crippen LogP contribution in [-0.4, -0.2) is 0 Å². The van der Waals surface area contributed by atoms with Gasteiger partial charge in [-0.3, -0.25) is 0 Å². The van der Waals surface area contributed by atoms with E-state index in [1.807, 2.05) is 31.2 Å². The molecule has 0 aromatic heterocycles. The third kappa shape index (κ3) is 2.96. The molecule has 0 saturated carbocycles. The van der Waals surface area contributed by atoms with Crippen molar-refractivity contribution in [3.05, 3.63) is 57.6 Å². The minimum absolute atomic E-state index is 0.458. The van der Waals surface area contributed by atoms with Crippen molar-refractivity contribution in [2.45, 2.75) is 13.5 Å². The van der Waals surface area contributed by atoms with E-state index in [9.17, 15) is 0 Å². The van der Waals surface area contributed by atoms with Gasteiger partial charge in [0.15, 0.2) is 0 Å². The van der Waals surface area contributed by atoms with E-state index in [1.165, 1.54) is 0 Å². The molecule has 0 aliphatic heterocycles. The Kier molecular flexibility index (Phi) is 4.12. The molecule has 0 aliphatic carbocycles. The van der Waals surface area contributed by atoms with Gasteiger partial charge in [0.1, 0.15) is 11.5 Å². The van der Waals surface area contributed by atoms with E-state index in [4.69, 9.17) is 33.7 Å². The molecule has 0 amide bonds. The molecular formula is C14H13Cl2NO. The summed E-state index contributed by atoms with van der Waals surface area (Å²) in [5, 5.41) is 1.26. The Bertz CT molecular complexity index is 570. The Morgan fingerprint density at radius 2 is 1.83 bits per heavy atom. The summed E-state index contributed by atoms with van der Waals surface area (Å²) in [5.41, 5.74) is 7.48. The second kappa shape index (κ2) is 5.61. The molecule has 0 saturated heterocycles. The van der Waals surface area contributed by atoms with Gasteiger partial charge in [-0.25, -0.2) is 0 Å². The standard InChI is InChI=1S/C14H13Cl2NO/c1-9-6-11(3-4-12(9)15)18-14-5-2-10(8-17)7-13(14)16/h2-7H,8,17H2,1H3. The molecule has 2 nitrogen and oxygen atoms in total. The van der Waals surface area contributed by atoms with E-state index in [1.54, 1.807) is 12.1 Å². The summed E-state index contributed by atoms with van der Waals surface area (Å²) in [7, 11) is 0. The Morgan fingerprint density at radius 3 is 2.44 bits per heavy atom. The fourth-order valence-corrected chi connectivity index (χ4v) is 1.92. The van der Waals surface area contributed by atoms with Gasteiger partial charge >= 0.3 is 0 Å². The predicted molar refractivity (Wildman–Crippen MR) is 75.6 cm³/mol. The van der Waals surface area contributed by atoms with Crippen molar-refractivity contribution in [1.29, 1.82) is 0 Å². The van der Waals surface area contributed by atoms with Crippen molar-refractivity contribution in [3.8, 4) is 11.5 Å². The minimum Gasteiger partial charge on any atom is -0.456 e. The van der Waals surface area contributed by atoms with E-state index in [-0.39, 0.29) is 0 Å². The van der Waals surface area contributed by atoms with E-state index < -0.39 is 0 Å². The zero-order valence-corrected chi connectivity index (χ0v) is 11.4. The summed E-state index contributed by atoms with van der Waals surface area (Å²) in [6.45, 7) is 2.38. The first kappa shape index (κ1) is 13.2. The second-order valence-electron chi connectivity index (χ2n) is 3.98. The number of halogens is 2. The zero-order valence-electron chi connectivity index (χ0n) is 9.91. The number of rotatable bonds is 3. The average Bonchev–Trinajstić information content (AvgIpc) is 2.36. The maximum absolute atomic E-state index is 6.12. The van der Waals surface area contributed by atoms with Gasteiger partial charge < -0.3 is 10.5 Å². The van der Waals surface area contributed by atoms with Crippen molar-refractivity contribution in [1.82, 2.24) is 0 Å². The molecule has 0 atom stereocenters. The third-order valence-corrected chi connectivity index (χ3v) is 3.31. The van der Waals surface area contributed by atoms with Gasteiger partial charge in [-0.2, -0.15) is 0 Å². The van der Waals surface area contributed by atoms with Gasteiger partial charge in [-0.05, 0) is 48.4 Å². The van der Waals surface area contributed by atoms with Crippen molar-refractivity contribution in [3.63, 3.8) is 0 Å². The minimum atomic E-state index is 0.458. The number of hydrogen-bond acceptors (Lipinski definition) is 2. The molecule has 0 aliphatic rings. The van der Waals surface area contributed by atoms with Crippen LogP contribution in [0.5, 0.6) is 11.5 Å². The maximum Gasteiger partial charge on any atom is 0.146 e. The lowest BCUT2D eigenvalue weighted by Crippen LogP contribution is -1.96. The molecule has 0 bridgehead atoms. The molecule has 0 heterocycles. The predicted octanol–water partition coefficient (Wildman–Crippen LogP) is 4.55. The van der Waals surface area contributed by atoms with Gasteiger partial charge in [0.25, 0.3) is 0 Å². The lowest BCUT2D eigenvalue weighted by atomic mass is 10.2. The molecule has 94 valence electrons. The van der Waals surface area contributed by atoms with E-state index in [0.717, 1.165) is 11.1 Å². The topological polar surface area (TPSA) is 35.2 Å². The molecule has 2 N–H and O–H groups in total. The van der Waals surface area contributed by atoms with E-state index in [0.29, 0.717) is 28.1 Å². The van der Waals surface area contributed by atoms with Gasteiger partial charge in [0.2, 0.25) is 0 Å². The highest BCUT2D eigenvalue weighted by Crippen LogP contribution is 2.31. The van der Waals surface area contributed by atoms with Crippen LogP contribution in [0.1, 0.15) is 11.1 Å². The molecule has 4 heteroatoms. The first-order valence-electron chi connectivity index (χ1n) is 5.52. The Hall–Kier alpha value is -1.22. The van der Waals surface area contributed by atoms with Crippen LogP contribution >= 0.6 is 23.2 Å². The second-order valence-corrected chi connectivity index (χ2v) is 4.80. The summed E-state index contributed by atoms with van der Waals surface area (Å²) < 4.78 is 5.71. The Balaban J connectivity index is 2.25. The molecule has 0 spiro atoms. The summed E-state index contributed by atoms with van der Waals surface area (Å²) in [4.78, 5) is 0. The Morgan fingerprint density at radius 1 is 1.06 bits per heavy atom. The van der Waals surface area contributed by atoms with Crippen molar-refractivity contribution in [2.75, 3.05) is 0 Å². The number of hydrogen-bond donors (Lipinski definition) is 1.